The fourth-order valence-electron chi connectivity index (χ4n) is 3.18. The first-order valence-electron chi connectivity index (χ1n) is 8.56. The number of sulfonamides is 1. The number of hydrogen-bond donors (Lipinski definition) is 2. The maximum Gasteiger partial charge on any atom is 0.307 e. The van der Waals surface area contributed by atoms with Gasteiger partial charge in [0.15, 0.2) is 0 Å². The van der Waals surface area contributed by atoms with Gasteiger partial charge in [-0.25, -0.2) is 8.42 Å². The summed E-state index contributed by atoms with van der Waals surface area (Å²) in [6, 6.07) is 13.8. The van der Waals surface area contributed by atoms with Crippen LogP contribution in [-0.2, 0) is 26.0 Å². The van der Waals surface area contributed by atoms with Gasteiger partial charge in [0.25, 0.3) is 0 Å². The molecule has 1 saturated heterocycles. The van der Waals surface area contributed by atoms with Crippen LogP contribution in [0.2, 0.25) is 0 Å². The van der Waals surface area contributed by atoms with Crippen LogP contribution in [0.1, 0.15) is 18.4 Å². The summed E-state index contributed by atoms with van der Waals surface area (Å²) in [5.74, 6) is -1.38. The van der Waals surface area contributed by atoms with E-state index in [1.807, 2.05) is 0 Å². The Labute approximate surface area is 157 Å². The molecule has 1 unspecified atom stereocenters. The van der Waals surface area contributed by atoms with E-state index in [0.29, 0.717) is 24.1 Å². The lowest BCUT2D eigenvalue weighted by Gasteiger charge is -2.23. The lowest BCUT2D eigenvalue weighted by Crippen LogP contribution is -2.43. The number of rotatable bonds is 6. The van der Waals surface area contributed by atoms with Crippen LogP contribution in [0, 0.1) is 0 Å². The van der Waals surface area contributed by atoms with E-state index in [9.17, 15) is 18.0 Å². The van der Waals surface area contributed by atoms with Crippen molar-refractivity contribution >= 4 is 27.6 Å². The quantitative estimate of drug-likeness (QED) is 0.789. The van der Waals surface area contributed by atoms with Crippen LogP contribution in [0.4, 0.5) is 5.69 Å². The molecule has 2 N–H and O–H groups in total. The predicted octanol–water partition coefficient (Wildman–Crippen LogP) is 2.11. The summed E-state index contributed by atoms with van der Waals surface area (Å²) in [5, 5.41) is 11.6. The summed E-state index contributed by atoms with van der Waals surface area (Å²) in [6.07, 6.45) is 0.886. The second-order valence-electron chi connectivity index (χ2n) is 6.35. The predicted molar refractivity (Wildman–Crippen MR) is 99.8 cm³/mol. The zero-order valence-electron chi connectivity index (χ0n) is 14.5. The molecule has 1 fully saturated rings. The SMILES string of the molecule is O=C(O)Cc1cccc(NC(=O)C2CCCN2S(=O)(=O)c2ccccc2)c1. The van der Waals surface area contributed by atoms with Crippen molar-refractivity contribution in [3.05, 3.63) is 60.2 Å². The number of aliphatic carboxylic acids is 1. The summed E-state index contributed by atoms with van der Waals surface area (Å²) in [4.78, 5) is 23.7. The van der Waals surface area contributed by atoms with Gasteiger partial charge in [0.1, 0.15) is 6.04 Å². The number of amides is 1. The smallest absolute Gasteiger partial charge is 0.307 e. The van der Waals surface area contributed by atoms with Crippen molar-refractivity contribution in [1.29, 1.82) is 0 Å². The molecule has 0 spiro atoms. The monoisotopic (exact) mass is 388 g/mol. The fourth-order valence-corrected chi connectivity index (χ4v) is 4.85. The summed E-state index contributed by atoms with van der Waals surface area (Å²) < 4.78 is 27.0. The highest BCUT2D eigenvalue weighted by molar-refractivity contribution is 7.89. The van der Waals surface area contributed by atoms with Gasteiger partial charge in [0, 0.05) is 12.2 Å². The average molecular weight is 388 g/mol. The van der Waals surface area contributed by atoms with Crippen LogP contribution in [0.3, 0.4) is 0 Å². The van der Waals surface area contributed by atoms with Crippen LogP contribution >= 0.6 is 0 Å². The van der Waals surface area contributed by atoms with E-state index in [0.717, 1.165) is 0 Å². The van der Waals surface area contributed by atoms with E-state index in [-0.39, 0.29) is 17.9 Å². The average Bonchev–Trinajstić information content (AvgIpc) is 3.13. The van der Waals surface area contributed by atoms with Crippen molar-refractivity contribution in [2.45, 2.75) is 30.2 Å². The number of nitrogens with one attached hydrogen (secondary N) is 1. The normalized spacial score (nSPS) is 17.6. The Balaban J connectivity index is 1.77. The van der Waals surface area contributed by atoms with Gasteiger partial charge in [-0.2, -0.15) is 4.31 Å². The summed E-state index contributed by atoms with van der Waals surface area (Å²) >= 11 is 0. The first kappa shape index (κ1) is 19.1. The van der Waals surface area contributed by atoms with Gasteiger partial charge in [-0.1, -0.05) is 30.3 Å². The summed E-state index contributed by atoms with van der Waals surface area (Å²) in [6.45, 7) is 0.286. The van der Waals surface area contributed by atoms with Crippen molar-refractivity contribution < 1.29 is 23.1 Å². The van der Waals surface area contributed by atoms with E-state index >= 15 is 0 Å². The molecule has 1 amide bonds. The van der Waals surface area contributed by atoms with Crippen molar-refractivity contribution in [2.75, 3.05) is 11.9 Å². The molecule has 27 heavy (non-hydrogen) atoms. The number of anilines is 1. The molecule has 142 valence electrons. The Hall–Kier alpha value is -2.71. The molecule has 1 aliphatic rings. The molecule has 2 aromatic carbocycles. The third-order valence-electron chi connectivity index (χ3n) is 4.41. The minimum Gasteiger partial charge on any atom is -0.481 e. The number of carboxylic acid groups (broad SMARTS) is 1. The van der Waals surface area contributed by atoms with Crippen LogP contribution < -0.4 is 5.32 Å². The van der Waals surface area contributed by atoms with Gasteiger partial charge in [-0.15, -0.1) is 0 Å². The first-order valence-corrected chi connectivity index (χ1v) is 10.0. The Morgan fingerprint density at radius 2 is 1.85 bits per heavy atom. The van der Waals surface area contributed by atoms with Gasteiger partial charge in [0.2, 0.25) is 15.9 Å². The number of carbonyl (C=O) groups excluding carboxylic acids is 1. The van der Waals surface area contributed by atoms with Gasteiger partial charge >= 0.3 is 5.97 Å². The molecule has 0 radical (unpaired) electrons. The Morgan fingerprint density at radius 1 is 1.11 bits per heavy atom. The minimum absolute atomic E-state index is 0.151. The summed E-state index contributed by atoms with van der Waals surface area (Å²) in [5.41, 5.74) is 1.00. The van der Waals surface area contributed by atoms with Gasteiger partial charge < -0.3 is 10.4 Å². The molecule has 7 nitrogen and oxygen atoms in total. The van der Waals surface area contributed by atoms with Crippen LogP contribution in [0.5, 0.6) is 0 Å². The molecule has 1 heterocycles. The molecule has 0 aliphatic carbocycles. The van der Waals surface area contributed by atoms with E-state index in [4.69, 9.17) is 5.11 Å². The van der Waals surface area contributed by atoms with E-state index in [1.54, 1.807) is 42.5 Å². The molecule has 3 rings (SSSR count). The Kier molecular flexibility index (Phi) is 5.57. The van der Waals surface area contributed by atoms with Crippen molar-refractivity contribution in [3.63, 3.8) is 0 Å². The zero-order valence-corrected chi connectivity index (χ0v) is 15.4. The number of hydrogen-bond acceptors (Lipinski definition) is 4. The van der Waals surface area contributed by atoms with E-state index in [1.165, 1.54) is 16.4 Å². The lowest BCUT2D eigenvalue weighted by molar-refractivity contribution is -0.136. The zero-order chi connectivity index (χ0) is 19.4. The summed E-state index contributed by atoms with van der Waals surface area (Å²) in [7, 11) is -3.75. The highest BCUT2D eigenvalue weighted by atomic mass is 32.2. The Bertz CT molecular complexity index is 944. The highest BCUT2D eigenvalue weighted by Crippen LogP contribution is 2.27. The van der Waals surface area contributed by atoms with Crippen LogP contribution in [0.25, 0.3) is 0 Å². The van der Waals surface area contributed by atoms with Crippen molar-refractivity contribution in [1.82, 2.24) is 4.31 Å². The molecule has 1 atom stereocenters. The minimum atomic E-state index is -3.75. The molecule has 0 bridgehead atoms. The lowest BCUT2D eigenvalue weighted by atomic mass is 10.1. The van der Waals surface area contributed by atoms with Crippen LogP contribution in [-0.4, -0.2) is 42.3 Å². The third-order valence-corrected chi connectivity index (χ3v) is 6.33. The second kappa shape index (κ2) is 7.89. The topological polar surface area (TPSA) is 104 Å². The largest absolute Gasteiger partial charge is 0.481 e. The Morgan fingerprint density at radius 3 is 2.56 bits per heavy atom. The molecular formula is C19H20N2O5S. The van der Waals surface area contributed by atoms with E-state index in [2.05, 4.69) is 5.32 Å². The molecule has 8 heteroatoms. The molecule has 0 saturated carbocycles. The molecular weight excluding hydrogens is 368 g/mol. The van der Waals surface area contributed by atoms with E-state index < -0.39 is 27.9 Å². The first-order chi connectivity index (χ1) is 12.9. The highest BCUT2D eigenvalue weighted by Gasteiger charge is 2.39. The van der Waals surface area contributed by atoms with Crippen molar-refractivity contribution in [3.8, 4) is 0 Å². The number of carbonyl (C=O) groups is 2. The number of nitrogens with zero attached hydrogens (tertiary/aromatic N) is 1. The van der Waals surface area contributed by atoms with Gasteiger partial charge in [-0.3, -0.25) is 9.59 Å². The fraction of sp³-hybridized carbons (Fsp3) is 0.263. The standard InChI is InChI=1S/C19H20N2O5S/c22-18(23)13-14-6-4-7-15(12-14)20-19(24)17-10-5-11-21(17)27(25,26)16-8-2-1-3-9-16/h1-4,6-9,12,17H,5,10-11,13H2,(H,20,24)(H,22,23). The molecule has 0 aromatic heterocycles. The maximum absolute atomic E-state index is 12.9. The molecule has 2 aromatic rings. The van der Waals surface area contributed by atoms with Gasteiger partial charge in [-0.05, 0) is 42.7 Å². The second-order valence-corrected chi connectivity index (χ2v) is 8.24. The third kappa shape index (κ3) is 4.35. The maximum atomic E-state index is 12.9. The molecule has 1 aliphatic heterocycles. The van der Waals surface area contributed by atoms with Crippen molar-refractivity contribution in [2.24, 2.45) is 0 Å². The van der Waals surface area contributed by atoms with Crippen LogP contribution in [0.15, 0.2) is 59.5 Å². The number of benzene rings is 2. The van der Waals surface area contributed by atoms with Gasteiger partial charge in [0.05, 0.1) is 11.3 Å². The number of carboxylic acids is 1.